The van der Waals surface area contributed by atoms with E-state index in [1.54, 1.807) is 0 Å². The first-order chi connectivity index (χ1) is 7.15. The van der Waals surface area contributed by atoms with Crippen molar-refractivity contribution >= 4 is 22.6 Å². The van der Waals surface area contributed by atoms with Crippen LogP contribution in [0.2, 0.25) is 0 Å². The summed E-state index contributed by atoms with van der Waals surface area (Å²) in [6, 6.07) is 2.70. The molecule has 0 aromatic carbocycles. The number of aromatic nitrogens is 2. The van der Waals surface area contributed by atoms with Gasteiger partial charge in [-0.15, -0.1) is 0 Å². The maximum atomic E-state index is 4.16. The van der Waals surface area contributed by atoms with Crippen molar-refractivity contribution in [3.8, 4) is 0 Å². The molecule has 0 spiro atoms. The van der Waals surface area contributed by atoms with Gasteiger partial charge in [-0.2, -0.15) is 5.10 Å². The zero-order valence-corrected chi connectivity index (χ0v) is 11.9. The molecule has 0 aliphatic carbocycles. The highest BCUT2D eigenvalue weighted by Crippen LogP contribution is 2.05. The van der Waals surface area contributed by atoms with Gasteiger partial charge in [0.15, 0.2) is 0 Å². The van der Waals surface area contributed by atoms with Crippen LogP contribution in [-0.2, 0) is 13.5 Å². The van der Waals surface area contributed by atoms with E-state index in [4.69, 9.17) is 0 Å². The lowest BCUT2D eigenvalue weighted by Gasteiger charge is -2.19. The van der Waals surface area contributed by atoms with Crippen LogP contribution in [0.3, 0.4) is 0 Å². The Hall–Kier alpha value is -0.100. The van der Waals surface area contributed by atoms with Crippen LogP contribution in [0.1, 0.15) is 19.5 Å². The van der Waals surface area contributed by atoms with Gasteiger partial charge in [-0.1, -0.05) is 36.4 Å². The molecule has 0 bridgehead atoms. The Morgan fingerprint density at radius 2 is 2.27 bits per heavy atom. The molecule has 1 aromatic rings. The van der Waals surface area contributed by atoms with Crippen molar-refractivity contribution in [1.82, 2.24) is 15.1 Å². The predicted molar refractivity (Wildman–Crippen MR) is 72.4 cm³/mol. The lowest BCUT2D eigenvalue weighted by molar-refractivity contribution is 0.438. The van der Waals surface area contributed by atoms with Gasteiger partial charge in [0.05, 0.1) is 0 Å². The van der Waals surface area contributed by atoms with Gasteiger partial charge in [0.1, 0.15) is 0 Å². The molecule has 15 heavy (non-hydrogen) atoms. The average Bonchev–Trinajstić information content (AvgIpc) is 2.58. The van der Waals surface area contributed by atoms with E-state index in [0.717, 1.165) is 13.0 Å². The summed E-state index contributed by atoms with van der Waals surface area (Å²) in [5, 5.41) is 7.74. The highest BCUT2D eigenvalue weighted by atomic mass is 127. The van der Waals surface area contributed by atoms with Crippen molar-refractivity contribution in [3.63, 3.8) is 0 Å². The van der Waals surface area contributed by atoms with Crippen LogP contribution in [0.5, 0.6) is 0 Å². The first-order valence-electron chi connectivity index (χ1n) is 5.41. The molecule has 3 nitrogen and oxygen atoms in total. The SMILES string of the molecule is CC(C)C(CI)NCCc1ccnn1C. The first kappa shape index (κ1) is 13.0. The van der Waals surface area contributed by atoms with Crippen molar-refractivity contribution in [3.05, 3.63) is 18.0 Å². The van der Waals surface area contributed by atoms with E-state index in [9.17, 15) is 0 Å². The summed E-state index contributed by atoms with van der Waals surface area (Å²) in [7, 11) is 1.99. The largest absolute Gasteiger partial charge is 0.313 e. The fraction of sp³-hybridized carbons (Fsp3) is 0.727. The van der Waals surface area contributed by atoms with Gasteiger partial charge in [0.25, 0.3) is 0 Å². The standard InChI is InChI=1S/C11H20IN3/c1-9(2)11(8-12)13-6-4-10-5-7-14-15(10)3/h5,7,9,11,13H,4,6,8H2,1-3H3. The average molecular weight is 321 g/mol. The Bertz CT molecular complexity index is 283. The van der Waals surface area contributed by atoms with Gasteiger partial charge >= 0.3 is 0 Å². The molecule has 0 aliphatic rings. The minimum absolute atomic E-state index is 0.624. The van der Waals surface area contributed by atoms with Gasteiger partial charge < -0.3 is 5.32 Å². The molecule has 1 atom stereocenters. The summed E-state index contributed by atoms with van der Waals surface area (Å²) in [4.78, 5) is 0. The van der Waals surface area contributed by atoms with E-state index >= 15 is 0 Å². The summed E-state index contributed by atoms with van der Waals surface area (Å²) in [6.45, 7) is 5.56. The Labute approximate surface area is 106 Å². The highest BCUT2D eigenvalue weighted by Gasteiger charge is 2.10. The zero-order valence-electron chi connectivity index (χ0n) is 9.70. The van der Waals surface area contributed by atoms with Crippen LogP contribution >= 0.6 is 22.6 Å². The third kappa shape index (κ3) is 4.10. The topological polar surface area (TPSA) is 29.9 Å². The summed E-state index contributed by atoms with van der Waals surface area (Å²) in [5.74, 6) is 0.702. The highest BCUT2D eigenvalue weighted by molar-refractivity contribution is 14.1. The molecule has 0 amide bonds. The molecule has 0 fully saturated rings. The van der Waals surface area contributed by atoms with Gasteiger partial charge in [0.2, 0.25) is 0 Å². The minimum Gasteiger partial charge on any atom is -0.313 e. The second kappa shape index (κ2) is 6.48. The molecule has 4 heteroatoms. The molecule has 0 saturated heterocycles. The van der Waals surface area contributed by atoms with Crippen molar-refractivity contribution in [1.29, 1.82) is 0 Å². The molecule has 0 radical (unpaired) electrons. The fourth-order valence-electron chi connectivity index (χ4n) is 1.50. The van der Waals surface area contributed by atoms with Gasteiger partial charge in [-0.05, 0) is 12.0 Å². The molecule has 1 unspecified atom stereocenters. The third-order valence-electron chi connectivity index (χ3n) is 2.68. The van der Waals surface area contributed by atoms with Crippen LogP contribution in [0.25, 0.3) is 0 Å². The van der Waals surface area contributed by atoms with Crippen molar-refractivity contribution in [2.45, 2.75) is 26.3 Å². The summed E-state index contributed by atoms with van der Waals surface area (Å²) in [5.41, 5.74) is 1.29. The molecule has 0 aliphatic heterocycles. The molecular weight excluding hydrogens is 301 g/mol. The maximum Gasteiger partial charge on any atom is 0.0492 e. The smallest absolute Gasteiger partial charge is 0.0492 e. The predicted octanol–water partition coefficient (Wildman–Crippen LogP) is 2.01. The van der Waals surface area contributed by atoms with Gasteiger partial charge in [0, 0.05) is 42.4 Å². The van der Waals surface area contributed by atoms with Crippen molar-refractivity contribution < 1.29 is 0 Å². The molecule has 1 heterocycles. The lowest BCUT2D eigenvalue weighted by Crippen LogP contribution is -2.36. The quantitative estimate of drug-likeness (QED) is 0.642. The Morgan fingerprint density at radius 1 is 1.53 bits per heavy atom. The summed E-state index contributed by atoms with van der Waals surface area (Å²) in [6.07, 6.45) is 2.91. The number of hydrogen-bond acceptors (Lipinski definition) is 2. The summed E-state index contributed by atoms with van der Waals surface area (Å²) >= 11 is 2.44. The number of aryl methyl sites for hydroxylation is 1. The third-order valence-corrected chi connectivity index (χ3v) is 3.63. The Balaban J connectivity index is 2.29. The molecule has 86 valence electrons. The molecule has 0 saturated carbocycles. The second-order valence-electron chi connectivity index (χ2n) is 4.16. The number of halogens is 1. The normalized spacial score (nSPS) is 13.4. The Morgan fingerprint density at radius 3 is 2.73 bits per heavy atom. The molecule has 1 aromatic heterocycles. The number of nitrogens with zero attached hydrogens (tertiary/aromatic N) is 2. The molecule has 1 N–H and O–H groups in total. The molecule has 1 rings (SSSR count). The zero-order chi connectivity index (χ0) is 11.3. The van der Waals surface area contributed by atoms with Gasteiger partial charge in [-0.25, -0.2) is 0 Å². The first-order valence-corrected chi connectivity index (χ1v) is 6.94. The number of nitrogens with one attached hydrogen (secondary N) is 1. The van der Waals surface area contributed by atoms with E-state index < -0.39 is 0 Å². The van der Waals surface area contributed by atoms with E-state index in [1.165, 1.54) is 10.1 Å². The van der Waals surface area contributed by atoms with E-state index in [1.807, 2.05) is 17.9 Å². The van der Waals surface area contributed by atoms with Crippen LogP contribution < -0.4 is 5.32 Å². The Kier molecular flexibility index (Phi) is 5.60. The minimum atomic E-state index is 0.624. The van der Waals surface area contributed by atoms with Crippen LogP contribution in [0, 0.1) is 5.92 Å². The summed E-state index contributed by atoms with van der Waals surface area (Å²) < 4.78 is 3.11. The van der Waals surface area contributed by atoms with Crippen LogP contribution in [-0.4, -0.2) is 26.8 Å². The fourth-order valence-corrected chi connectivity index (χ4v) is 2.83. The second-order valence-corrected chi connectivity index (χ2v) is 5.04. The number of rotatable bonds is 6. The number of alkyl halides is 1. The number of hydrogen-bond donors (Lipinski definition) is 1. The van der Waals surface area contributed by atoms with E-state index in [0.29, 0.717) is 12.0 Å². The maximum absolute atomic E-state index is 4.16. The van der Waals surface area contributed by atoms with Crippen molar-refractivity contribution in [2.75, 3.05) is 11.0 Å². The molecular formula is C11H20IN3. The van der Waals surface area contributed by atoms with Crippen molar-refractivity contribution in [2.24, 2.45) is 13.0 Å². The van der Waals surface area contributed by atoms with Gasteiger partial charge in [-0.3, -0.25) is 4.68 Å². The monoisotopic (exact) mass is 321 g/mol. The van der Waals surface area contributed by atoms with Crippen LogP contribution in [0.15, 0.2) is 12.3 Å². The van der Waals surface area contributed by atoms with E-state index in [-0.39, 0.29) is 0 Å². The lowest BCUT2D eigenvalue weighted by atomic mass is 10.1. The van der Waals surface area contributed by atoms with Crippen LogP contribution in [0.4, 0.5) is 0 Å². The van der Waals surface area contributed by atoms with E-state index in [2.05, 4.69) is 52.9 Å².